The Morgan fingerprint density at radius 2 is 1.93 bits per heavy atom. The molecule has 0 saturated heterocycles. The van der Waals surface area contributed by atoms with Gasteiger partial charge in [0.1, 0.15) is 17.6 Å². The van der Waals surface area contributed by atoms with Crippen molar-refractivity contribution in [1.29, 1.82) is 5.26 Å². The molecule has 0 aliphatic heterocycles. The zero-order valence-corrected chi connectivity index (χ0v) is 16.5. The highest BCUT2D eigenvalue weighted by Crippen LogP contribution is 2.24. The molecule has 3 N–H and O–H groups in total. The molecule has 0 radical (unpaired) electrons. The summed E-state index contributed by atoms with van der Waals surface area (Å²) in [6.07, 6.45) is 0. The molecule has 0 fully saturated rings. The molecule has 0 bridgehead atoms. The van der Waals surface area contributed by atoms with Crippen molar-refractivity contribution in [2.75, 3.05) is 30.3 Å². The minimum absolute atomic E-state index is 0.286. The molecule has 148 valence electrons. The van der Waals surface area contributed by atoms with E-state index >= 15 is 0 Å². The van der Waals surface area contributed by atoms with Crippen molar-refractivity contribution in [3.63, 3.8) is 0 Å². The molecule has 1 aromatic heterocycles. The fourth-order valence-corrected chi connectivity index (χ4v) is 2.80. The van der Waals surface area contributed by atoms with Crippen molar-refractivity contribution < 1.29 is 9.53 Å². The zero-order valence-electron chi connectivity index (χ0n) is 16.5. The minimum atomic E-state index is -0.286. The third-order valence-corrected chi connectivity index (χ3v) is 4.23. The van der Waals surface area contributed by atoms with Gasteiger partial charge in [-0.15, -0.1) is 0 Å². The van der Waals surface area contributed by atoms with Gasteiger partial charge in [-0.1, -0.05) is 17.7 Å². The van der Waals surface area contributed by atoms with Crippen molar-refractivity contribution >= 4 is 28.4 Å². The maximum atomic E-state index is 12.0. The summed E-state index contributed by atoms with van der Waals surface area (Å²) in [5.41, 5.74) is 3.07. The number of benzene rings is 2. The fourth-order valence-electron chi connectivity index (χ4n) is 2.80. The third kappa shape index (κ3) is 5.36. The van der Waals surface area contributed by atoms with Gasteiger partial charge in [0.2, 0.25) is 0 Å². The molecule has 3 rings (SSSR count). The molecule has 0 saturated carbocycles. The first-order valence-electron chi connectivity index (χ1n) is 9.42. The van der Waals surface area contributed by atoms with Crippen LogP contribution in [0.2, 0.25) is 0 Å². The van der Waals surface area contributed by atoms with Gasteiger partial charge in [0.25, 0.3) is 0 Å². The Morgan fingerprint density at radius 1 is 1.14 bits per heavy atom. The molecule has 7 heteroatoms. The molecule has 7 nitrogen and oxygen atoms in total. The first kappa shape index (κ1) is 20.0. The lowest BCUT2D eigenvalue weighted by molar-refractivity contribution is 0.252. The Hall–Kier alpha value is -3.79. The second-order valence-corrected chi connectivity index (χ2v) is 6.46. The average Bonchev–Trinajstić information content (AvgIpc) is 2.72. The molecule has 0 unspecified atom stereocenters. The van der Waals surface area contributed by atoms with Crippen molar-refractivity contribution in [3.8, 4) is 11.8 Å². The molecule has 0 aliphatic carbocycles. The molecule has 2 amide bonds. The highest BCUT2D eigenvalue weighted by Gasteiger charge is 2.08. The Balaban J connectivity index is 1.57. The Kier molecular flexibility index (Phi) is 6.48. The summed E-state index contributed by atoms with van der Waals surface area (Å²) in [6, 6.07) is 16.8. The number of ether oxygens (including phenoxy) is 1. The highest BCUT2D eigenvalue weighted by atomic mass is 16.5. The highest BCUT2D eigenvalue weighted by molar-refractivity contribution is 5.89. The number of urea groups is 1. The predicted molar refractivity (Wildman–Crippen MR) is 114 cm³/mol. The fraction of sp³-hybridized carbons (Fsp3) is 0.227. The van der Waals surface area contributed by atoms with Crippen LogP contribution in [0.1, 0.15) is 18.1 Å². The number of fused-ring (bicyclic) bond motifs is 1. The summed E-state index contributed by atoms with van der Waals surface area (Å²) in [4.78, 5) is 16.5. The number of aromatic nitrogens is 1. The Labute approximate surface area is 169 Å². The summed E-state index contributed by atoms with van der Waals surface area (Å²) in [6.45, 7) is 5.31. The first-order valence-corrected chi connectivity index (χ1v) is 9.42. The van der Waals surface area contributed by atoms with Crippen LogP contribution in [-0.2, 0) is 0 Å². The van der Waals surface area contributed by atoms with E-state index in [9.17, 15) is 10.1 Å². The van der Waals surface area contributed by atoms with E-state index in [1.165, 1.54) is 0 Å². The third-order valence-electron chi connectivity index (χ3n) is 4.23. The lowest BCUT2D eigenvalue weighted by Crippen LogP contribution is -2.32. The number of anilines is 2. The lowest BCUT2D eigenvalue weighted by Gasteiger charge is -2.11. The minimum Gasteiger partial charge on any atom is -0.494 e. The summed E-state index contributed by atoms with van der Waals surface area (Å²) in [5.74, 6) is 1.24. The number of amides is 2. The van der Waals surface area contributed by atoms with Gasteiger partial charge in [0, 0.05) is 24.2 Å². The standard InChI is InChI=1S/C22H23N5O2/c1-3-29-19-8-9-20-16(13-19)12-17(14-23)21(27-20)24-10-11-25-22(28)26-18-6-4-15(2)5-7-18/h4-9,12-13H,3,10-11H2,1-2H3,(H,24,27)(H2,25,26,28). The van der Waals surface area contributed by atoms with E-state index in [2.05, 4.69) is 27.0 Å². The maximum Gasteiger partial charge on any atom is 0.319 e. The van der Waals surface area contributed by atoms with Crippen molar-refractivity contribution in [3.05, 3.63) is 59.7 Å². The zero-order chi connectivity index (χ0) is 20.6. The Morgan fingerprint density at radius 3 is 2.66 bits per heavy atom. The second kappa shape index (κ2) is 9.42. The number of nitrogens with zero attached hydrogens (tertiary/aromatic N) is 2. The van der Waals surface area contributed by atoms with Gasteiger partial charge >= 0.3 is 6.03 Å². The number of pyridine rings is 1. The van der Waals surface area contributed by atoms with Crippen LogP contribution in [0.5, 0.6) is 5.75 Å². The number of hydrogen-bond donors (Lipinski definition) is 3. The number of nitriles is 1. The predicted octanol–water partition coefficient (Wildman–Crippen LogP) is 4.05. The van der Waals surface area contributed by atoms with E-state index in [0.717, 1.165) is 27.9 Å². The van der Waals surface area contributed by atoms with Gasteiger partial charge in [0.15, 0.2) is 0 Å². The maximum absolute atomic E-state index is 12.0. The van der Waals surface area contributed by atoms with Crippen LogP contribution in [0.3, 0.4) is 0 Å². The normalized spacial score (nSPS) is 10.2. The monoisotopic (exact) mass is 389 g/mol. The van der Waals surface area contributed by atoms with Crippen LogP contribution in [0.15, 0.2) is 48.5 Å². The number of hydrogen-bond acceptors (Lipinski definition) is 5. The van der Waals surface area contributed by atoms with E-state index in [-0.39, 0.29) is 6.03 Å². The SMILES string of the molecule is CCOc1ccc2nc(NCCNC(=O)Nc3ccc(C)cc3)c(C#N)cc2c1. The van der Waals surface area contributed by atoms with Gasteiger partial charge in [-0.25, -0.2) is 9.78 Å². The summed E-state index contributed by atoms with van der Waals surface area (Å²) >= 11 is 0. The van der Waals surface area contributed by atoms with Gasteiger partial charge in [0.05, 0.1) is 17.7 Å². The van der Waals surface area contributed by atoms with E-state index in [4.69, 9.17) is 4.74 Å². The summed E-state index contributed by atoms with van der Waals surface area (Å²) < 4.78 is 5.50. The number of carbonyl (C=O) groups is 1. The number of rotatable bonds is 7. The Bertz CT molecular complexity index is 1040. The quantitative estimate of drug-likeness (QED) is 0.530. The van der Waals surface area contributed by atoms with Crippen molar-refractivity contribution in [1.82, 2.24) is 10.3 Å². The number of carbonyl (C=O) groups excluding carboxylic acids is 1. The second-order valence-electron chi connectivity index (χ2n) is 6.46. The molecule has 2 aromatic carbocycles. The van der Waals surface area contributed by atoms with E-state index in [1.807, 2.05) is 56.3 Å². The van der Waals surface area contributed by atoms with Gasteiger partial charge in [-0.2, -0.15) is 5.26 Å². The molecule has 3 aromatic rings. The smallest absolute Gasteiger partial charge is 0.319 e. The molecule has 29 heavy (non-hydrogen) atoms. The van der Waals surface area contributed by atoms with Crippen LogP contribution in [0, 0.1) is 18.3 Å². The summed E-state index contributed by atoms with van der Waals surface area (Å²) in [7, 11) is 0. The van der Waals surface area contributed by atoms with Crippen LogP contribution in [-0.4, -0.2) is 30.7 Å². The van der Waals surface area contributed by atoms with Crippen LogP contribution in [0.25, 0.3) is 10.9 Å². The molecular formula is C22H23N5O2. The van der Waals surface area contributed by atoms with Crippen molar-refractivity contribution in [2.24, 2.45) is 0 Å². The average molecular weight is 389 g/mol. The van der Waals surface area contributed by atoms with Gasteiger partial charge in [-0.05, 0) is 50.2 Å². The molecule has 0 spiro atoms. The largest absolute Gasteiger partial charge is 0.494 e. The van der Waals surface area contributed by atoms with Gasteiger partial charge < -0.3 is 20.7 Å². The van der Waals surface area contributed by atoms with E-state index in [1.54, 1.807) is 6.07 Å². The van der Waals surface area contributed by atoms with E-state index in [0.29, 0.717) is 31.1 Å². The molecule has 1 heterocycles. The van der Waals surface area contributed by atoms with Crippen LogP contribution < -0.4 is 20.7 Å². The van der Waals surface area contributed by atoms with Crippen molar-refractivity contribution in [2.45, 2.75) is 13.8 Å². The topological polar surface area (TPSA) is 99.1 Å². The van der Waals surface area contributed by atoms with Crippen LogP contribution in [0.4, 0.5) is 16.3 Å². The number of nitrogens with one attached hydrogen (secondary N) is 3. The summed E-state index contributed by atoms with van der Waals surface area (Å²) in [5, 5.41) is 18.9. The lowest BCUT2D eigenvalue weighted by atomic mass is 10.1. The molecule has 0 aliphatic rings. The molecular weight excluding hydrogens is 366 g/mol. The van der Waals surface area contributed by atoms with Gasteiger partial charge in [-0.3, -0.25) is 0 Å². The van der Waals surface area contributed by atoms with E-state index < -0.39 is 0 Å². The molecule has 0 atom stereocenters. The first-order chi connectivity index (χ1) is 14.1. The number of aryl methyl sites for hydroxylation is 1. The van der Waals surface area contributed by atoms with Crippen LogP contribution >= 0.6 is 0 Å².